The van der Waals surface area contributed by atoms with Crippen LogP contribution in [0.2, 0.25) is 0 Å². The van der Waals surface area contributed by atoms with Gasteiger partial charge in [-0.25, -0.2) is 4.39 Å². The Morgan fingerprint density at radius 1 is 0.958 bits per heavy atom. The summed E-state index contributed by atoms with van der Waals surface area (Å²) < 4.78 is 20.1. The van der Waals surface area contributed by atoms with E-state index in [-0.39, 0.29) is 5.82 Å². The minimum atomic E-state index is -0.302. The molecule has 0 N–H and O–H groups in total. The molecule has 3 heteroatoms. The molecule has 0 bridgehead atoms. The molecule has 0 spiro atoms. The molecule has 0 heterocycles. The fraction of sp³-hybridized carbons (Fsp3) is 0.0952. The molecule has 0 radical (unpaired) electrons. The summed E-state index contributed by atoms with van der Waals surface area (Å²) in [5, 5.41) is 9.10. The number of ether oxygens (including phenoxy) is 1. The Balaban J connectivity index is 2.18. The third kappa shape index (κ3) is 3.13. The summed E-state index contributed by atoms with van der Waals surface area (Å²) in [4.78, 5) is 0. The first-order valence-corrected chi connectivity index (χ1v) is 7.75. The van der Waals surface area contributed by atoms with E-state index in [0.29, 0.717) is 23.5 Å². The van der Waals surface area contributed by atoms with Crippen molar-refractivity contribution < 1.29 is 9.13 Å². The molecular weight excluding hydrogens is 301 g/mol. The van der Waals surface area contributed by atoms with Crippen LogP contribution < -0.4 is 4.74 Å². The lowest BCUT2D eigenvalue weighted by atomic mass is 9.93. The van der Waals surface area contributed by atoms with Crippen molar-refractivity contribution in [3.05, 3.63) is 78.1 Å². The highest BCUT2D eigenvalue weighted by molar-refractivity contribution is 5.84. The fourth-order valence-electron chi connectivity index (χ4n) is 2.72. The van der Waals surface area contributed by atoms with E-state index in [1.54, 1.807) is 24.3 Å². The van der Waals surface area contributed by atoms with Crippen LogP contribution in [0.3, 0.4) is 0 Å². The Morgan fingerprint density at radius 2 is 1.71 bits per heavy atom. The van der Waals surface area contributed by atoms with Gasteiger partial charge in [-0.2, -0.15) is 5.26 Å². The summed E-state index contributed by atoms with van der Waals surface area (Å²) >= 11 is 0. The van der Waals surface area contributed by atoms with Gasteiger partial charge in [0.15, 0.2) is 0 Å². The number of halogens is 1. The van der Waals surface area contributed by atoms with Crippen molar-refractivity contribution >= 4 is 0 Å². The predicted molar refractivity (Wildman–Crippen MR) is 93.2 cm³/mol. The zero-order valence-electron chi connectivity index (χ0n) is 13.3. The first-order valence-electron chi connectivity index (χ1n) is 7.75. The number of rotatable bonds is 4. The van der Waals surface area contributed by atoms with Crippen molar-refractivity contribution in [2.24, 2.45) is 0 Å². The first kappa shape index (κ1) is 15.8. The third-order valence-electron chi connectivity index (χ3n) is 3.75. The molecule has 118 valence electrons. The van der Waals surface area contributed by atoms with Gasteiger partial charge in [0.2, 0.25) is 0 Å². The summed E-state index contributed by atoms with van der Waals surface area (Å²) in [6.45, 7) is 2.46. The van der Waals surface area contributed by atoms with Crippen LogP contribution in [-0.2, 0) is 0 Å². The molecule has 0 aliphatic carbocycles. The van der Waals surface area contributed by atoms with Crippen LogP contribution in [0.4, 0.5) is 4.39 Å². The summed E-state index contributed by atoms with van der Waals surface area (Å²) in [5.41, 5.74) is 3.36. The van der Waals surface area contributed by atoms with E-state index in [9.17, 15) is 4.39 Å². The summed E-state index contributed by atoms with van der Waals surface area (Å²) in [7, 11) is 0. The van der Waals surface area contributed by atoms with E-state index in [1.807, 2.05) is 43.3 Å². The summed E-state index contributed by atoms with van der Waals surface area (Å²) in [6, 6.07) is 21.7. The van der Waals surface area contributed by atoms with Crippen molar-refractivity contribution in [2.75, 3.05) is 6.61 Å². The number of nitriles is 1. The standard InChI is InChI=1S/C21H16FNO/c1-2-24-18-9-4-8-17(13-18)21-19(10-5-11-20(21)22)16-7-3-6-15(12-16)14-23/h3-13H,2H2,1H3. The van der Waals surface area contributed by atoms with Crippen LogP contribution in [-0.4, -0.2) is 6.61 Å². The lowest BCUT2D eigenvalue weighted by molar-refractivity contribution is 0.340. The highest BCUT2D eigenvalue weighted by Crippen LogP contribution is 2.35. The molecule has 3 rings (SSSR count). The van der Waals surface area contributed by atoms with Gasteiger partial charge in [0.05, 0.1) is 18.2 Å². The second kappa shape index (κ2) is 6.97. The zero-order valence-corrected chi connectivity index (χ0v) is 13.3. The molecular formula is C21H16FNO. The normalized spacial score (nSPS) is 10.2. The molecule has 3 aromatic rings. The lowest BCUT2D eigenvalue weighted by Crippen LogP contribution is -1.94. The van der Waals surface area contributed by atoms with Gasteiger partial charge >= 0.3 is 0 Å². The highest BCUT2D eigenvalue weighted by atomic mass is 19.1. The van der Waals surface area contributed by atoms with E-state index in [2.05, 4.69) is 6.07 Å². The van der Waals surface area contributed by atoms with Gasteiger partial charge in [0, 0.05) is 5.56 Å². The van der Waals surface area contributed by atoms with Gasteiger partial charge < -0.3 is 4.74 Å². The Hall–Kier alpha value is -3.12. The summed E-state index contributed by atoms with van der Waals surface area (Å²) in [5.74, 6) is 0.401. The Morgan fingerprint density at radius 3 is 2.50 bits per heavy atom. The molecule has 3 aromatic carbocycles. The van der Waals surface area contributed by atoms with Gasteiger partial charge in [0.25, 0.3) is 0 Å². The largest absolute Gasteiger partial charge is 0.494 e. The molecule has 0 unspecified atom stereocenters. The Bertz CT molecular complexity index is 912. The topological polar surface area (TPSA) is 33.0 Å². The monoisotopic (exact) mass is 317 g/mol. The molecule has 0 atom stereocenters. The average molecular weight is 317 g/mol. The Labute approximate surface area is 140 Å². The molecule has 24 heavy (non-hydrogen) atoms. The molecule has 0 fully saturated rings. The molecule has 0 saturated heterocycles. The number of hydrogen-bond donors (Lipinski definition) is 0. The van der Waals surface area contributed by atoms with E-state index < -0.39 is 0 Å². The van der Waals surface area contributed by atoms with Crippen molar-refractivity contribution in [2.45, 2.75) is 6.92 Å². The van der Waals surface area contributed by atoms with Gasteiger partial charge in [-0.15, -0.1) is 0 Å². The fourth-order valence-corrected chi connectivity index (χ4v) is 2.72. The van der Waals surface area contributed by atoms with Gasteiger partial charge in [-0.3, -0.25) is 0 Å². The minimum Gasteiger partial charge on any atom is -0.494 e. The molecule has 0 aliphatic rings. The van der Waals surface area contributed by atoms with Crippen LogP contribution in [0, 0.1) is 17.1 Å². The SMILES string of the molecule is CCOc1cccc(-c2c(F)cccc2-c2cccc(C#N)c2)c1. The number of nitrogens with zero attached hydrogens (tertiary/aromatic N) is 1. The van der Waals surface area contributed by atoms with E-state index in [0.717, 1.165) is 16.7 Å². The molecule has 0 aliphatic heterocycles. The van der Waals surface area contributed by atoms with E-state index in [4.69, 9.17) is 10.00 Å². The molecule has 0 saturated carbocycles. The van der Waals surface area contributed by atoms with E-state index >= 15 is 0 Å². The van der Waals surface area contributed by atoms with Crippen molar-refractivity contribution in [1.82, 2.24) is 0 Å². The quantitative estimate of drug-likeness (QED) is 0.643. The van der Waals surface area contributed by atoms with Crippen LogP contribution in [0.1, 0.15) is 12.5 Å². The maximum Gasteiger partial charge on any atom is 0.131 e. The minimum absolute atomic E-state index is 0.302. The highest BCUT2D eigenvalue weighted by Gasteiger charge is 2.13. The smallest absolute Gasteiger partial charge is 0.131 e. The second-order valence-electron chi connectivity index (χ2n) is 5.32. The van der Waals surface area contributed by atoms with Crippen molar-refractivity contribution in [3.63, 3.8) is 0 Å². The van der Waals surface area contributed by atoms with Crippen LogP contribution in [0.5, 0.6) is 5.75 Å². The first-order chi connectivity index (χ1) is 11.7. The van der Waals surface area contributed by atoms with Crippen LogP contribution >= 0.6 is 0 Å². The maximum absolute atomic E-state index is 14.6. The van der Waals surface area contributed by atoms with Crippen molar-refractivity contribution in [1.29, 1.82) is 5.26 Å². The predicted octanol–water partition coefficient (Wildman–Crippen LogP) is 5.43. The zero-order chi connectivity index (χ0) is 16.9. The number of hydrogen-bond acceptors (Lipinski definition) is 2. The lowest BCUT2D eigenvalue weighted by Gasteiger charge is -2.13. The molecule has 0 amide bonds. The van der Waals surface area contributed by atoms with E-state index in [1.165, 1.54) is 6.07 Å². The second-order valence-corrected chi connectivity index (χ2v) is 5.32. The van der Waals surface area contributed by atoms with Gasteiger partial charge in [-0.1, -0.05) is 36.4 Å². The van der Waals surface area contributed by atoms with Gasteiger partial charge in [0.1, 0.15) is 11.6 Å². The third-order valence-corrected chi connectivity index (χ3v) is 3.75. The van der Waals surface area contributed by atoms with Crippen LogP contribution in [0.25, 0.3) is 22.3 Å². The maximum atomic E-state index is 14.6. The average Bonchev–Trinajstić information content (AvgIpc) is 2.62. The number of benzene rings is 3. The molecule has 0 aromatic heterocycles. The Kier molecular flexibility index (Phi) is 4.58. The van der Waals surface area contributed by atoms with Gasteiger partial charge in [-0.05, 0) is 53.9 Å². The van der Waals surface area contributed by atoms with Crippen LogP contribution in [0.15, 0.2) is 66.7 Å². The molecule has 2 nitrogen and oxygen atoms in total. The summed E-state index contributed by atoms with van der Waals surface area (Å²) in [6.07, 6.45) is 0. The van der Waals surface area contributed by atoms with Crippen molar-refractivity contribution in [3.8, 4) is 34.1 Å².